The molecule has 4 heterocycles. The summed E-state index contributed by atoms with van der Waals surface area (Å²) in [5, 5.41) is 3.92. The van der Waals surface area contributed by atoms with Crippen molar-refractivity contribution in [2.75, 3.05) is 25.0 Å². The van der Waals surface area contributed by atoms with Crippen LogP contribution in [0.5, 0.6) is 5.75 Å². The third kappa shape index (κ3) is 5.12. The molecule has 1 fully saturated rings. The number of halogens is 1. The van der Waals surface area contributed by atoms with Gasteiger partial charge in [0.15, 0.2) is 0 Å². The highest BCUT2D eigenvalue weighted by Gasteiger charge is 2.34. The maximum absolute atomic E-state index is 12.8. The Morgan fingerprint density at radius 2 is 2.06 bits per heavy atom. The van der Waals surface area contributed by atoms with E-state index in [1.165, 1.54) is 16.8 Å². The summed E-state index contributed by atoms with van der Waals surface area (Å²) >= 11 is 5.83. The topological polar surface area (TPSA) is 92.2 Å². The van der Waals surface area contributed by atoms with E-state index >= 15 is 0 Å². The van der Waals surface area contributed by atoms with Gasteiger partial charge in [0, 0.05) is 37.1 Å². The summed E-state index contributed by atoms with van der Waals surface area (Å²) in [6, 6.07) is 10.0. The van der Waals surface area contributed by atoms with E-state index in [9.17, 15) is 9.59 Å². The number of hydrogen-bond acceptors (Lipinski definition) is 6. The van der Waals surface area contributed by atoms with Crippen molar-refractivity contribution in [3.63, 3.8) is 0 Å². The third-order valence-corrected chi connectivity index (χ3v) is 6.62. The second-order valence-corrected chi connectivity index (χ2v) is 9.22. The number of aromatic nitrogens is 3. The van der Waals surface area contributed by atoms with Crippen molar-refractivity contribution < 1.29 is 4.74 Å². The van der Waals surface area contributed by atoms with Crippen LogP contribution in [0, 0.1) is 5.92 Å². The highest BCUT2D eigenvalue weighted by molar-refractivity contribution is 6.30. The molecule has 9 heteroatoms. The zero-order valence-corrected chi connectivity index (χ0v) is 19.7. The molecule has 0 amide bonds. The van der Waals surface area contributed by atoms with E-state index in [2.05, 4.69) is 34.0 Å². The molecule has 33 heavy (non-hydrogen) atoms. The normalized spacial score (nSPS) is 16.2. The first-order valence-electron chi connectivity index (χ1n) is 10.9. The Balaban J connectivity index is 1.47. The maximum atomic E-state index is 12.8. The summed E-state index contributed by atoms with van der Waals surface area (Å²) in [4.78, 5) is 34.7. The molecular weight excluding hydrogens is 442 g/mol. The SMILES string of the molecule is CNC(C)(C)C1CCN(c2ccc(-n3ccc(OCc4ccc(Cl)cn4)cc3=O)c(=O)[nH]2)C1. The molecule has 1 aliphatic rings. The van der Waals surface area contributed by atoms with Gasteiger partial charge in [-0.15, -0.1) is 0 Å². The molecule has 0 bridgehead atoms. The van der Waals surface area contributed by atoms with Gasteiger partial charge in [-0.2, -0.15) is 0 Å². The van der Waals surface area contributed by atoms with E-state index < -0.39 is 0 Å². The van der Waals surface area contributed by atoms with Gasteiger partial charge in [-0.25, -0.2) is 0 Å². The minimum Gasteiger partial charge on any atom is -0.487 e. The molecule has 0 aromatic carbocycles. The summed E-state index contributed by atoms with van der Waals surface area (Å²) in [5.74, 6) is 1.64. The van der Waals surface area contributed by atoms with Gasteiger partial charge < -0.3 is 19.9 Å². The fourth-order valence-corrected chi connectivity index (χ4v) is 4.11. The van der Waals surface area contributed by atoms with Gasteiger partial charge in [-0.3, -0.25) is 19.1 Å². The molecule has 1 aliphatic heterocycles. The zero-order valence-electron chi connectivity index (χ0n) is 19.0. The highest BCUT2D eigenvalue weighted by atomic mass is 35.5. The summed E-state index contributed by atoms with van der Waals surface area (Å²) in [5.41, 5.74) is 0.311. The lowest BCUT2D eigenvalue weighted by molar-refractivity contribution is 0.290. The van der Waals surface area contributed by atoms with Crippen molar-refractivity contribution >= 4 is 17.4 Å². The van der Waals surface area contributed by atoms with Crippen LogP contribution in [0.3, 0.4) is 0 Å². The van der Waals surface area contributed by atoms with Crippen LogP contribution >= 0.6 is 11.6 Å². The first kappa shape index (κ1) is 23.1. The Kier molecular flexibility index (Phi) is 6.58. The lowest BCUT2D eigenvalue weighted by Crippen LogP contribution is -2.45. The molecule has 8 nitrogen and oxygen atoms in total. The van der Waals surface area contributed by atoms with Crippen LogP contribution in [0.2, 0.25) is 5.02 Å². The lowest BCUT2D eigenvalue weighted by Gasteiger charge is -2.31. The van der Waals surface area contributed by atoms with Gasteiger partial charge >= 0.3 is 0 Å². The van der Waals surface area contributed by atoms with E-state index in [4.69, 9.17) is 16.3 Å². The first-order valence-corrected chi connectivity index (χ1v) is 11.3. The van der Waals surface area contributed by atoms with Crippen LogP contribution in [0.4, 0.5) is 5.82 Å². The third-order valence-electron chi connectivity index (χ3n) is 6.39. The van der Waals surface area contributed by atoms with E-state index in [1.54, 1.807) is 30.5 Å². The van der Waals surface area contributed by atoms with E-state index in [-0.39, 0.29) is 29.0 Å². The average Bonchev–Trinajstić information content (AvgIpc) is 3.30. The Labute approximate surface area is 197 Å². The molecule has 0 radical (unpaired) electrons. The fraction of sp³-hybridized carbons (Fsp3) is 0.375. The number of H-pyrrole nitrogens is 1. The largest absolute Gasteiger partial charge is 0.487 e. The lowest BCUT2D eigenvalue weighted by atomic mass is 9.87. The monoisotopic (exact) mass is 469 g/mol. The van der Waals surface area contributed by atoms with Gasteiger partial charge in [-0.05, 0) is 63.6 Å². The Bertz CT molecular complexity index is 1240. The smallest absolute Gasteiger partial charge is 0.273 e. The maximum Gasteiger partial charge on any atom is 0.273 e. The van der Waals surface area contributed by atoms with Crippen molar-refractivity contribution in [2.24, 2.45) is 5.92 Å². The zero-order chi connectivity index (χ0) is 23.6. The molecule has 0 spiro atoms. The Morgan fingerprint density at radius 1 is 1.24 bits per heavy atom. The van der Waals surface area contributed by atoms with E-state index in [1.807, 2.05) is 13.1 Å². The van der Waals surface area contributed by atoms with Gasteiger partial charge in [0.2, 0.25) is 0 Å². The molecule has 0 saturated carbocycles. The van der Waals surface area contributed by atoms with Crippen LogP contribution in [-0.4, -0.2) is 40.2 Å². The average molecular weight is 470 g/mol. The molecular formula is C24H28ClN5O3. The van der Waals surface area contributed by atoms with Crippen molar-refractivity contribution in [2.45, 2.75) is 32.4 Å². The standard InChI is InChI=1S/C24H28ClN5O3/c1-24(2,26-3)16-8-10-29(14-16)21-7-6-20(23(32)28-21)30-11-9-19(12-22(30)31)33-15-18-5-4-17(25)13-27-18/h4-7,9,11-13,16,26H,8,10,14-15H2,1-3H3,(H,28,32). The summed E-state index contributed by atoms with van der Waals surface area (Å²) in [7, 11) is 1.97. The van der Waals surface area contributed by atoms with Gasteiger partial charge in [0.05, 0.1) is 10.7 Å². The fourth-order valence-electron chi connectivity index (χ4n) is 4.00. The predicted octanol–water partition coefficient (Wildman–Crippen LogP) is 2.98. The number of anilines is 1. The predicted molar refractivity (Wildman–Crippen MR) is 130 cm³/mol. The first-order chi connectivity index (χ1) is 15.8. The van der Waals surface area contributed by atoms with Gasteiger partial charge in [0.1, 0.15) is 23.9 Å². The van der Waals surface area contributed by atoms with Crippen LogP contribution < -0.4 is 26.1 Å². The molecule has 1 saturated heterocycles. The quantitative estimate of drug-likeness (QED) is 0.552. The van der Waals surface area contributed by atoms with Crippen LogP contribution in [0.25, 0.3) is 5.69 Å². The van der Waals surface area contributed by atoms with Gasteiger partial charge in [0.25, 0.3) is 11.1 Å². The summed E-state index contributed by atoms with van der Waals surface area (Å²) in [6.45, 7) is 6.33. The number of nitrogens with zero attached hydrogens (tertiary/aromatic N) is 3. The van der Waals surface area contributed by atoms with Crippen molar-refractivity contribution in [3.05, 3.63) is 80.2 Å². The van der Waals surface area contributed by atoms with Crippen LogP contribution in [-0.2, 0) is 6.61 Å². The number of ether oxygens (including phenoxy) is 1. The van der Waals surface area contributed by atoms with Gasteiger partial charge in [-0.1, -0.05) is 11.6 Å². The Morgan fingerprint density at radius 3 is 2.73 bits per heavy atom. The molecule has 1 unspecified atom stereocenters. The van der Waals surface area contributed by atoms with E-state index in [0.717, 1.165) is 25.3 Å². The second-order valence-electron chi connectivity index (χ2n) is 8.79. The minimum atomic E-state index is -0.355. The van der Waals surface area contributed by atoms with Crippen LogP contribution in [0.15, 0.2) is 58.4 Å². The molecule has 0 aliphatic carbocycles. The number of nitrogens with one attached hydrogen (secondary N) is 2. The van der Waals surface area contributed by atoms with Crippen molar-refractivity contribution in [3.8, 4) is 11.4 Å². The highest BCUT2D eigenvalue weighted by Crippen LogP contribution is 2.29. The summed E-state index contributed by atoms with van der Waals surface area (Å²) in [6.07, 6.45) is 4.13. The van der Waals surface area contributed by atoms with Crippen molar-refractivity contribution in [1.82, 2.24) is 19.9 Å². The molecule has 174 valence electrons. The molecule has 3 aromatic heterocycles. The number of pyridine rings is 3. The summed E-state index contributed by atoms with van der Waals surface area (Å²) < 4.78 is 6.96. The number of aromatic amines is 1. The second kappa shape index (κ2) is 9.41. The minimum absolute atomic E-state index is 0.0235. The Hall–Kier alpha value is -3.10. The molecule has 4 rings (SSSR count). The molecule has 2 N–H and O–H groups in total. The molecule has 1 atom stereocenters. The molecule has 3 aromatic rings. The van der Waals surface area contributed by atoms with Crippen LogP contribution in [0.1, 0.15) is 26.0 Å². The number of hydrogen-bond donors (Lipinski definition) is 2. The van der Waals surface area contributed by atoms with Crippen molar-refractivity contribution in [1.29, 1.82) is 0 Å². The van der Waals surface area contributed by atoms with E-state index in [0.29, 0.717) is 22.4 Å². The number of rotatable bonds is 7.